The molecule has 82 valence electrons. The Bertz CT molecular complexity index is 383. The second-order valence-electron chi connectivity index (χ2n) is 3.85. The first-order valence-corrected chi connectivity index (χ1v) is 4.88. The number of hydrogen-bond acceptors (Lipinski definition) is 1. The molecule has 1 aromatic carbocycles. The molecule has 0 aliphatic heterocycles. The van der Waals surface area contributed by atoms with Crippen molar-refractivity contribution in [1.82, 2.24) is 0 Å². The summed E-state index contributed by atoms with van der Waals surface area (Å²) in [7, 11) is 0. The average Bonchev–Trinajstić information content (AvgIpc) is 2.05. The molecule has 0 bridgehead atoms. The summed E-state index contributed by atoms with van der Waals surface area (Å²) in [4.78, 5) is 10.5. The molecule has 0 aromatic heterocycles. The van der Waals surface area contributed by atoms with E-state index >= 15 is 0 Å². The van der Waals surface area contributed by atoms with Crippen molar-refractivity contribution >= 4 is 17.6 Å². The third kappa shape index (κ3) is 3.20. The van der Waals surface area contributed by atoms with E-state index < -0.39 is 11.6 Å². The lowest BCUT2D eigenvalue weighted by atomic mass is 9.98. The van der Waals surface area contributed by atoms with Crippen LogP contribution >= 0.6 is 11.6 Å². The van der Waals surface area contributed by atoms with Crippen molar-refractivity contribution in [3.63, 3.8) is 0 Å². The number of aliphatic carboxylic acids is 1. The van der Waals surface area contributed by atoms with Gasteiger partial charge >= 0.3 is 5.97 Å². The van der Waals surface area contributed by atoms with E-state index in [0.717, 1.165) is 0 Å². The number of rotatable bonds is 3. The normalized spacial score (nSPS) is 11.5. The zero-order valence-corrected chi connectivity index (χ0v) is 9.31. The van der Waals surface area contributed by atoms with Crippen LogP contribution in [0.2, 0.25) is 5.02 Å². The van der Waals surface area contributed by atoms with Crippen LogP contribution in [0.5, 0.6) is 0 Å². The van der Waals surface area contributed by atoms with Crippen molar-refractivity contribution in [1.29, 1.82) is 0 Å². The molecule has 1 aromatic rings. The number of halogens is 2. The summed E-state index contributed by atoms with van der Waals surface area (Å²) in [5.41, 5.74) is -0.524. The van der Waals surface area contributed by atoms with Crippen molar-refractivity contribution in [3.8, 4) is 0 Å². The summed E-state index contributed by atoms with van der Waals surface area (Å²) in [5, 5.41) is 8.88. The van der Waals surface area contributed by atoms with E-state index in [0.29, 0.717) is 16.1 Å². The van der Waals surface area contributed by atoms with Gasteiger partial charge in [-0.3, -0.25) is 4.79 Å². The van der Waals surface area contributed by atoms with Crippen LogP contribution in [0.15, 0.2) is 18.2 Å². The lowest BCUT2D eigenvalue weighted by Gasteiger charge is -2.15. The highest BCUT2D eigenvalue weighted by Crippen LogP contribution is 2.28. The van der Waals surface area contributed by atoms with Crippen LogP contribution in [0.4, 0.5) is 4.39 Å². The quantitative estimate of drug-likeness (QED) is 0.866. The van der Waals surface area contributed by atoms with Gasteiger partial charge in [0.15, 0.2) is 0 Å². The van der Waals surface area contributed by atoms with E-state index in [4.69, 9.17) is 16.7 Å². The lowest BCUT2D eigenvalue weighted by Crippen LogP contribution is -2.09. The number of hydrogen-bond donors (Lipinski definition) is 1. The Morgan fingerprint density at radius 2 is 2.13 bits per heavy atom. The van der Waals surface area contributed by atoms with Gasteiger partial charge in [-0.2, -0.15) is 0 Å². The Labute approximate surface area is 92.7 Å². The molecule has 0 aliphatic carbocycles. The summed E-state index contributed by atoms with van der Waals surface area (Å²) in [6, 6.07) is 4.58. The fourth-order valence-corrected chi connectivity index (χ4v) is 1.47. The number of alkyl halides is 1. The summed E-state index contributed by atoms with van der Waals surface area (Å²) in [6.45, 7) is 2.85. The average molecular weight is 231 g/mol. The van der Waals surface area contributed by atoms with Crippen molar-refractivity contribution in [2.24, 2.45) is 0 Å². The molecule has 0 fully saturated rings. The van der Waals surface area contributed by atoms with Crippen molar-refractivity contribution in [3.05, 3.63) is 34.3 Å². The predicted octanol–water partition coefficient (Wildman–Crippen LogP) is 3.17. The molecule has 0 saturated heterocycles. The maximum Gasteiger partial charge on any atom is 0.307 e. The van der Waals surface area contributed by atoms with Crippen LogP contribution in [-0.2, 0) is 16.9 Å². The molecule has 0 radical (unpaired) electrons. The van der Waals surface area contributed by atoms with E-state index in [9.17, 15) is 9.18 Å². The Morgan fingerprint density at radius 1 is 1.53 bits per heavy atom. The van der Waals surface area contributed by atoms with E-state index in [2.05, 4.69) is 0 Å². The molecule has 15 heavy (non-hydrogen) atoms. The molecule has 0 heterocycles. The topological polar surface area (TPSA) is 37.3 Å². The predicted molar refractivity (Wildman–Crippen MR) is 56.9 cm³/mol. The molecule has 0 unspecified atom stereocenters. The standard InChI is InChI=1S/C11H12ClFO2/c1-11(2,13)8-4-3-7(5-10(14)15)9(12)6-8/h3-4,6H,5H2,1-2H3,(H,14,15). The van der Waals surface area contributed by atoms with Gasteiger partial charge in [0.1, 0.15) is 5.67 Å². The van der Waals surface area contributed by atoms with Crippen molar-refractivity contribution < 1.29 is 14.3 Å². The molecule has 1 rings (SSSR count). The summed E-state index contributed by atoms with van der Waals surface area (Å²) in [6.07, 6.45) is -0.147. The summed E-state index contributed by atoms with van der Waals surface area (Å²) >= 11 is 5.85. The molecule has 1 N–H and O–H groups in total. The SMILES string of the molecule is CC(C)(F)c1ccc(CC(=O)O)c(Cl)c1. The van der Waals surface area contributed by atoms with E-state index in [1.165, 1.54) is 19.9 Å². The lowest BCUT2D eigenvalue weighted by molar-refractivity contribution is -0.136. The first-order valence-electron chi connectivity index (χ1n) is 4.50. The van der Waals surface area contributed by atoms with Crippen LogP contribution in [0.1, 0.15) is 25.0 Å². The van der Waals surface area contributed by atoms with Gasteiger partial charge in [-0.1, -0.05) is 23.7 Å². The van der Waals surface area contributed by atoms with Crippen molar-refractivity contribution in [2.45, 2.75) is 25.9 Å². The third-order valence-corrected chi connectivity index (χ3v) is 2.43. The van der Waals surface area contributed by atoms with Crippen LogP contribution in [0.3, 0.4) is 0 Å². The van der Waals surface area contributed by atoms with Crippen molar-refractivity contribution in [2.75, 3.05) is 0 Å². The molecule has 0 spiro atoms. The molecule has 0 atom stereocenters. The Hall–Kier alpha value is -1.09. The van der Waals surface area contributed by atoms with E-state index in [1.54, 1.807) is 12.1 Å². The summed E-state index contributed by atoms with van der Waals surface area (Å²) in [5.74, 6) is -0.954. The molecule has 0 aliphatic rings. The van der Waals surface area contributed by atoms with Crippen LogP contribution < -0.4 is 0 Å². The summed E-state index contributed by atoms with van der Waals surface area (Å²) < 4.78 is 13.5. The first-order chi connectivity index (χ1) is 6.80. The van der Waals surface area contributed by atoms with E-state index in [-0.39, 0.29) is 6.42 Å². The molecule has 2 nitrogen and oxygen atoms in total. The molecule has 0 saturated carbocycles. The number of carbonyl (C=O) groups is 1. The maximum atomic E-state index is 13.5. The second kappa shape index (κ2) is 4.19. The highest BCUT2D eigenvalue weighted by molar-refractivity contribution is 6.31. The molecular formula is C11H12ClFO2. The fourth-order valence-electron chi connectivity index (χ4n) is 1.22. The highest BCUT2D eigenvalue weighted by Gasteiger charge is 2.19. The number of benzene rings is 1. The number of carboxylic acid groups (broad SMARTS) is 1. The van der Waals surface area contributed by atoms with Gasteiger partial charge < -0.3 is 5.11 Å². The van der Waals surface area contributed by atoms with Gasteiger partial charge in [-0.15, -0.1) is 0 Å². The van der Waals surface area contributed by atoms with E-state index in [1.807, 2.05) is 0 Å². The van der Waals surface area contributed by atoms with Crippen LogP contribution in [-0.4, -0.2) is 11.1 Å². The largest absolute Gasteiger partial charge is 0.481 e. The van der Waals surface area contributed by atoms with Crippen LogP contribution in [0.25, 0.3) is 0 Å². The number of carboxylic acids is 1. The minimum Gasteiger partial charge on any atom is -0.481 e. The van der Waals surface area contributed by atoms with Gasteiger partial charge in [-0.05, 0) is 31.0 Å². The Balaban J connectivity index is 3.03. The zero-order valence-electron chi connectivity index (χ0n) is 8.55. The minimum absolute atomic E-state index is 0.147. The Kier molecular flexibility index (Phi) is 3.35. The van der Waals surface area contributed by atoms with Gasteiger partial charge in [0.25, 0.3) is 0 Å². The second-order valence-corrected chi connectivity index (χ2v) is 4.26. The molecular weight excluding hydrogens is 219 g/mol. The third-order valence-electron chi connectivity index (χ3n) is 2.08. The first kappa shape index (κ1) is 12.0. The highest BCUT2D eigenvalue weighted by atomic mass is 35.5. The van der Waals surface area contributed by atoms with Crippen LogP contribution in [0, 0.1) is 0 Å². The van der Waals surface area contributed by atoms with Gasteiger partial charge in [0.2, 0.25) is 0 Å². The maximum absolute atomic E-state index is 13.5. The molecule has 0 amide bonds. The molecule has 4 heteroatoms. The van der Waals surface area contributed by atoms with Gasteiger partial charge in [-0.25, -0.2) is 4.39 Å². The van der Waals surface area contributed by atoms with Gasteiger partial charge in [0.05, 0.1) is 6.42 Å². The van der Waals surface area contributed by atoms with Gasteiger partial charge in [0, 0.05) is 5.02 Å². The zero-order chi connectivity index (χ0) is 11.6. The monoisotopic (exact) mass is 230 g/mol. The minimum atomic E-state index is -1.47. The smallest absolute Gasteiger partial charge is 0.307 e. The fraction of sp³-hybridized carbons (Fsp3) is 0.364. The Morgan fingerprint density at radius 3 is 2.53 bits per heavy atom.